The first-order chi connectivity index (χ1) is 16.7. The van der Waals surface area contributed by atoms with Gasteiger partial charge in [-0.2, -0.15) is 10.4 Å². The van der Waals surface area contributed by atoms with Gasteiger partial charge >= 0.3 is 0 Å². The lowest BCUT2D eigenvalue weighted by atomic mass is 10.1. The first-order valence-corrected chi connectivity index (χ1v) is 12.6. The molecule has 0 bridgehead atoms. The highest BCUT2D eigenvalue weighted by atomic mass is 32.2. The summed E-state index contributed by atoms with van der Waals surface area (Å²) in [5, 5.41) is 14.6. The molecule has 0 radical (unpaired) electrons. The van der Waals surface area contributed by atoms with Crippen molar-refractivity contribution in [3.63, 3.8) is 0 Å². The number of rotatable bonds is 8. The van der Waals surface area contributed by atoms with Crippen LogP contribution >= 0.6 is 11.8 Å². The Kier molecular flexibility index (Phi) is 8.18. The van der Waals surface area contributed by atoms with Gasteiger partial charge in [0.25, 0.3) is 5.91 Å². The van der Waals surface area contributed by atoms with Gasteiger partial charge in [-0.3, -0.25) is 4.79 Å². The molecule has 2 heterocycles. The van der Waals surface area contributed by atoms with E-state index in [-0.39, 0.29) is 11.5 Å². The van der Waals surface area contributed by atoms with Crippen molar-refractivity contribution in [3.05, 3.63) is 71.9 Å². The van der Waals surface area contributed by atoms with Crippen molar-refractivity contribution in [2.45, 2.75) is 24.7 Å². The number of thioether (sulfide) groups is 1. The van der Waals surface area contributed by atoms with E-state index in [0.717, 1.165) is 28.3 Å². The van der Waals surface area contributed by atoms with E-state index in [1.807, 2.05) is 48.3 Å². The lowest BCUT2D eigenvalue weighted by Gasteiger charge is -2.26. The number of aromatic nitrogens is 2. The molecule has 174 valence electrons. The molecule has 7 heteroatoms. The Balaban J connectivity index is 1.69. The number of nitrogens with zero attached hydrogens (tertiary/aromatic N) is 4. The summed E-state index contributed by atoms with van der Waals surface area (Å²) in [6.45, 7) is 4.16. The second-order valence-corrected chi connectivity index (χ2v) is 9.18. The lowest BCUT2D eigenvalue weighted by molar-refractivity contribution is -0.130. The maximum Gasteiger partial charge on any atom is 0.264 e. The van der Waals surface area contributed by atoms with E-state index >= 15 is 0 Å². The molecule has 0 saturated carbocycles. The van der Waals surface area contributed by atoms with Crippen LogP contribution in [-0.4, -0.2) is 52.6 Å². The van der Waals surface area contributed by atoms with Gasteiger partial charge < -0.3 is 9.64 Å². The van der Waals surface area contributed by atoms with Crippen molar-refractivity contribution >= 4 is 23.7 Å². The largest absolute Gasteiger partial charge is 0.378 e. The normalized spacial score (nSPS) is 14.1. The molecule has 1 aromatic heterocycles. The predicted molar refractivity (Wildman–Crippen MR) is 136 cm³/mol. The lowest BCUT2D eigenvalue weighted by Crippen LogP contribution is -2.41. The van der Waals surface area contributed by atoms with E-state index in [9.17, 15) is 10.1 Å². The Morgan fingerprint density at radius 3 is 2.56 bits per heavy atom. The number of unbranched alkanes of at least 4 members (excludes halogenated alkanes) is 1. The molecule has 0 spiro atoms. The summed E-state index contributed by atoms with van der Waals surface area (Å²) >= 11 is 1.85. The minimum Gasteiger partial charge on any atom is -0.378 e. The van der Waals surface area contributed by atoms with Crippen molar-refractivity contribution in [3.8, 4) is 23.0 Å². The van der Waals surface area contributed by atoms with Crippen LogP contribution in [-0.2, 0) is 9.53 Å². The zero-order valence-electron chi connectivity index (χ0n) is 19.3. The van der Waals surface area contributed by atoms with Gasteiger partial charge in [0.15, 0.2) is 0 Å². The second-order valence-electron chi connectivity index (χ2n) is 8.01. The van der Waals surface area contributed by atoms with Gasteiger partial charge in [-0.15, -0.1) is 11.8 Å². The SMILES string of the molecule is CCCCSc1ccc(-c2nn(-c3ccccc3)cc2/C=C(/C#N)C(=O)N2CCOCC2)cc1. The van der Waals surface area contributed by atoms with Crippen LogP contribution < -0.4 is 0 Å². The van der Waals surface area contributed by atoms with E-state index < -0.39 is 0 Å². The van der Waals surface area contributed by atoms with Gasteiger partial charge in [-0.1, -0.05) is 43.7 Å². The fourth-order valence-corrected chi connectivity index (χ4v) is 4.71. The fourth-order valence-electron chi connectivity index (χ4n) is 3.71. The Labute approximate surface area is 204 Å². The molecule has 2 aromatic carbocycles. The minimum absolute atomic E-state index is 0.0995. The van der Waals surface area contributed by atoms with Gasteiger partial charge in [0.1, 0.15) is 11.6 Å². The number of para-hydroxylation sites is 1. The van der Waals surface area contributed by atoms with E-state index in [1.165, 1.54) is 17.7 Å². The number of amides is 1. The topological polar surface area (TPSA) is 71.2 Å². The molecule has 0 N–H and O–H groups in total. The summed E-state index contributed by atoms with van der Waals surface area (Å²) in [6, 6.07) is 20.2. The van der Waals surface area contributed by atoms with Gasteiger partial charge in [0.05, 0.1) is 24.6 Å². The van der Waals surface area contributed by atoms with E-state index in [2.05, 4.69) is 37.3 Å². The third-order valence-corrected chi connectivity index (χ3v) is 6.70. The summed E-state index contributed by atoms with van der Waals surface area (Å²) in [5.41, 5.74) is 3.41. The van der Waals surface area contributed by atoms with Gasteiger partial charge in [-0.25, -0.2) is 4.68 Å². The molecule has 1 aliphatic rings. The molecule has 0 aliphatic carbocycles. The average molecular weight is 473 g/mol. The number of nitriles is 1. The quantitative estimate of drug-likeness (QED) is 0.195. The van der Waals surface area contributed by atoms with Crippen molar-refractivity contribution < 1.29 is 9.53 Å². The van der Waals surface area contributed by atoms with Crippen LogP contribution in [0.5, 0.6) is 0 Å². The zero-order chi connectivity index (χ0) is 23.8. The van der Waals surface area contributed by atoms with Gasteiger partial charge in [-0.05, 0) is 42.5 Å². The highest BCUT2D eigenvalue weighted by Crippen LogP contribution is 2.29. The molecule has 4 rings (SSSR count). The molecule has 0 atom stereocenters. The number of hydrogen-bond acceptors (Lipinski definition) is 5. The minimum atomic E-state index is -0.271. The second kappa shape index (κ2) is 11.7. The molecule has 6 nitrogen and oxygen atoms in total. The van der Waals surface area contributed by atoms with Crippen LogP contribution in [0, 0.1) is 11.3 Å². The molecular weight excluding hydrogens is 444 g/mol. The summed E-state index contributed by atoms with van der Waals surface area (Å²) in [7, 11) is 0. The third kappa shape index (κ3) is 5.77. The number of carbonyl (C=O) groups excluding carboxylic acids is 1. The number of benzene rings is 2. The molecule has 1 amide bonds. The summed E-state index contributed by atoms with van der Waals surface area (Å²) in [4.78, 5) is 15.9. The molecule has 3 aromatic rings. The smallest absolute Gasteiger partial charge is 0.264 e. The average Bonchev–Trinajstić information content (AvgIpc) is 3.32. The van der Waals surface area contributed by atoms with Crippen molar-refractivity contribution in [1.29, 1.82) is 5.26 Å². The van der Waals surface area contributed by atoms with Gasteiger partial charge in [0.2, 0.25) is 0 Å². The van der Waals surface area contributed by atoms with Crippen molar-refractivity contribution in [1.82, 2.24) is 14.7 Å². The number of ether oxygens (including phenoxy) is 1. The van der Waals surface area contributed by atoms with Gasteiger partial charge in [0, 0.05) is 35.3 Å². The Hall–Kier alpha value is -3.34. The van der Waals surface area contributed by atoms with E-state index in [0.29, 0.717) is 26.3 Å². The molecule has 34 heavy (non-hydrogen) atoms. The van der Waals surface area contributed by atoms with Crippen molar-refractivity contribution in [2.75, 3.05) is 32.1 Å². The monoisotopic (exact) mass is 472 g/mol. The Morgan fingerprint density at radius 2 is 1.88 bits per heavy atom. The van der Waals surface area contributed by atoms with Crippen LogP contribution in [0.3, 0.4) is 0 Å². The number of carbonyl (C=O) groups is 1. The third-order valence-electron chi connectivity index (χ3n) is 5.61. The van der Waals surface area contributed by atoms with Crippen LogP contribution in [0.25, 0.3) is 23.0 Å². The van der Waals surface area contributed by atoms with Crippen LogP contribution in [0.1, 0.15) is 25.3 Å². The maximum absolute atomic E-state index is 13.0. The molecular formula is C27H28N4O2S. The molecule has 0 unspecified atom stereocenters. The van der Waals surface area contributed by atoms with Crippen LogP contribution in [0.2, 0.25) is 0 Å². The highest BCUT2D eigenvalue weighted by molar-refractivity contribution is 7.99. The first-order valence-electron chi connectivity index (χ1n) is 11.6. The number of hydrogen-bond donors (Lipinski definition) is 0. The summed E-state index contributed by atoms with van der Waals surface area (Å²) < 4.78 is 7.13. The zero-order valence-corrected chi connectivity index (χ0v) is 20.1. The summed E-state index contributed by atoms with van der Waals surface area (Å²) in [5.74, 6) is 0.827. The van der Waals surface area contributed by atoms with E-state index in [1.54, 1.807) is 15.7 Å². The maximum atomic E-state index is 13.0. The fraction of sp³-hybridized carbons (Fsp3) is 0.296. The first kappa shape index (κ1) is 23.8. The number of morpholine rings is 1. The molecule has 1 aliphatic heterocycles. The standard InChI is InChI=1S/C27H28N4O2S/c1-2-3-17-34-25-11-9-21(10-12-25)26-23(20-31(29-26)24-7-5-4-6-8-24)18-22(19-28)27(32)30-13-15-33-16-14-30/h4-12,18,20H,2-3,13-17H2,1H3/b22-18-. The van der Waals surface area contributed by atoms with Crippen LogP contribution in [0.4, 0.5) is 0 Å². The highest BCUT2D eigenvalue weighted by Gasteiger charge is 2.22. The predicted octanol–water partition coefficient (Wildman–Crippen LogP) is 5.20. The van der Waals surface area contributed by atoms with Crippen LogP contribution in [0.15, 0.2) is 71.3 Å². The van der Waals surface area contributed by atoms with Crippen molar-refractivity contribution in [2.24, 2.45) is 0 Å². The Bertz CT molecular complexity index is 1170. The van der Waals surface area contributed by atoms with E-state index in [4.69, 9.17) is 9.84 Å². The molecule has 1 fully saturated rings. The molecule has 1 saturated heterocycles. The summed E-state index contributed by atoms with van der Waals surface area (Å²) in [6.07, 6.45) is 5.90. The Morgan fingerprint density at radius 1 is 1.15 bits per heavy atom.